The molecule has 0 spiro atoms. The molecule has 2 aromatic carbocycles. The summed E-state index contributed by atoms with van der Waals surface area (Å²) in [6, 6.07) is 13.7. The van der Waals surface area contributed by atoms with Crippen molar-refractivity contribution in [1.29, 1.82) is 0 Å². The van der Waals surface area contributed by atoms with Gasteiger partial charge in [0, 0.05) is 21.2 Å². The Morgan fingerprint density at radius 2 is 1.71 bits per heavy atom. The minimum atomic E-state index is 0.559. The van der Waals surface area contributed by atoms with Crippen LogP contribution in [-0.4, -0.2) is 19.8 Å². The highest BCUT2D eigenvalue weighted by molar-refractivity contribution is 9.11. The molecular formula is C16H17Br2NO2. The van der Waals surface area contributed by atoms with Gasteiger partial charge in [0.2, 0.25) is 0 Å². The van der Waals surface area contributed by atoms with E-state index in [1.807, 2.05) is 49.4 Å². The van der Waals surface area contributed by atoms with E-state index < -0.39 is 0 Å². The van der Waals surface area contributed by atoms with Gasteiger partial charge in [-0.3, -0.25) is 0 Å². The van der Waals surface area contributed by atoms with E-state index in [1.165, 1.54) is 0 Å². The van der Waals surface area contributed by atoms with Crippen molar-refractivity contribution in [3.63, 3.8) is 0 Å². The van der Waals surface area contributed by atoms with Crippen molar-refractivity contribution in [1.82, 2.24) is 0 Å². The van der Waals surface area contributed by atoms with Gasteiger partial charge in [0.25, 0.3) is 0 Å². The minimum absolute atomic E-state index is 0.559. The van der Waals surface area contributed by atoms with Gasteiger partial charge in [0.15, 0.2) is 11.5 Å². The summed E-state index contributed by atoms with van der Waals surface area (Å²) in [6.07, 6.45) is 0. The predicted octanol–water partition coefficient (Wildman–Crippen LogP) is 5.10. The second-order valence-corrected chi connectivity index (χ2v) is 6.05. The van der Waals surface area contributed by atoms with Gasteiger partial charge in [-0.1, -0.05) is 28.1 Å². The van der Waals surface area contributed by atoms with Gasteiger partial charge >= 0.3 is 0 Å². The highest BCUT2D eigenvalue weighted by Crippen LogP contribution is 2.27. The number of nitrogens with one attached hydrogen (secondary N) is 1. The molecule has 0 aliphatic heterocycles. The Morgan fingerprint density at radius 1 is 1.00 bits per heavy atom. The van der Waals surface area contributed by atoms with Crippen LogP contribution in [0.15, 0.2) is 51.4 Å². The minimum Gasteiger partial charge on any atom is -0.490 e. The summed E-state index contributed by atoms with van der Waals surface area (Å²) >= 11 is 6.98. The van der Waals surface area contributed by atoms with Gasteiger partial charge in [0.05, 0.1) is 6.61 Å². The van der Waals surface area contributed by atoms with E-state index in [1.54, 1.807) is 0 Å². The monoisotopic (exact) mass is 413 g/mol. The molecule has 0 fully saturated rings. The molecule has 0 aliphatic rings. The Bertz CT molecular complexity index is 590. The molecule has 112 valence electrons. The zero-order chi connectivity index (χ0) is 15.1. The van der Waals surface area contributed by atoms with Crippen molar-refractivity contribution in [3.05, 3.63) is 51.4 Å². The summed E-state index contributed by atoms with van der Waals surface area (Å²) in [5.41, 5.74) is 1.03. The molecule has 0 unspecified atom stereocenters. The van der Waals surface area contributed by atoms with Crippen LogP contribution >= 0.6 is 31.9 Å². The molecule has 0 saturated carbocycles. The fourth-order valence-electron chi connectivity index (χ4n) is 1.82. The number of hydrogen-bond acceptors (Lipinski definition) is 3. The van der Waals surface area contributed by atoms with E-state index in [9.17, 15) is 0 Å². The molecule has 0 radical (unpaired) electrons. The SMILES string of the molecule is CCOc1ccccc1OCCNc1cc(Br)ccc1Br. The van der Waals surface area contributed by atoms with Crippen LogP contribution in [0, 0.1) is 0 Å². The van der Waals surface area contributed by atoms with E-state index in [-0.39, 0.29) is 0 Å². The molecule has 2 rings (SSSR count). The lowest BCUT2D eigenvalue weighted by atomic mass is 10.3. The Balaban J connectivity index is 1.86. The van der Waals surface area contributed by atoms with Gasteiger partial charge in [-0.25, -0.2) is 0 Å². The summed E-state index contributed by atoms with van der Waals surface area (Å²) < 4.78 is 13.4. The quantitative estimate of drug-likeness (QED) is 0.639. The number of ether oxygens (including phenoxy) is 2. The first kappa shape index (κ1) is 16.2. The van der Waals surface area contributed by atoms with Crippen LogP contribution in [0.1, 0.15) is 6.92 Å². The molecule has 0 saturated heterocycles. The molecule has 0 heterocycles. The van der Waals surface area contributed by atoms with Crippen LogP contribution in [0.25, 0.3) is 0 Å². The average Bonchev–Trinajstić information content (AvgIpc) is 2.49. The van der Waals surface area contributed by atoms with Crippen molar-refractivity contribution >= 4 is 37.5 Å². The molecular weight excluding hydrogens is 398 g/mol. The second-order valence-electron chi connectivity index (χ2n) is 4.28. The van der Waals surface area contributed by atoms with Crippen molar-refractivity contribution in [3.8, 4) is 11.5 Å². The number of hydrogen-bond donors (Lipinski definition) is 1. The first-order valence-corrected chi connectivity index (χ1v) is 8.33. The van der Waals surface area contributed by atoms with Crippen molar-refractivity contribution in [2.45, 2.75) is 6.92 Å². The first-order valence-electron chi connectivity index (χ1n) is 6.74. The largest absolute Gasteiger partial charge is 0.490 e. The lowest BCUT2D eigenvalue weighted by Gasteiger charge is -2.13. The first-order chi connectivity index (χ1) is 10.2. The van der Waals surface area contributed by atoms with Crippen LogP contribution in [0.2, 0.25) is 0 Å². The lowest BCUT2D eigenvalue weighted by molar-refractivity contribution is 0.284. The third-order valence-electron chi connectivity index (χ3n) is 2.75. The summed E-state index contributed by atoms with van der Waals surface area (Å²) in [4.78, 5) is 0. The van der Waals surface area contributed by atoms with Crippen molar-refractivity contribution < 1.29 is 9.47 Å². The average molecular weight is 415 g/mol. The molecule has 5 heteroatoms. The Kier molecular flexibility index (Phi) is 6.39. The Morgan fingerprint density at radius 3 is 2.43 bits per heavy atom. The topological polar surface area (TPSA) is 30.5 Å². The molecule has 0 aromatic heterocycles. The molecule has 0 aliphatic carbocycles. The van der Waals surface area contributed by atoms with Gasteiger partial charge in [-0.05, 0) is 53.2 Å². The maximum Gasteiger partial charge on any atom is 0.161 e. The van der Waals surface area contributed by atoms with Gasteiger partial charge < -0.3 is 14.8 Å². The fourth-order valence-corrected chi connectivity index (χ4v) is 2.57. The number of benzene rings is 2. The maximum atomic E-state index is 5.77. The van der Waals surface area contributed by atoms with Crippen molar-refractivity contribution in [2.75, 3.05) is 25.1 Å². The number of rotatable bonds is 7. The van der Waals surface area contributed by atoms with Crippen LogP contribution in [0.5, 0.6) is 11.5 Å². The molecule has 0 amide bonds. The Labute approximate surface area is 141 Å². The van der Waals surface area contributed by atoms with Crippen LogP contribution in [0.3, 0.4) is 0 Å². The zero-order valence-electron chi connectivity index (χ0n) is 11.7. The summed E-state index contributed by atoms with van der Waals surface area (Å²) in [5.74, 6) is 1.55. The van der Waals surface area contributed by atoms with Crippen LogP contribution in [0.4, 0.5) is 5.69 Å². The highest BCUT2D eigenvalue weighted by Gasteiger charge is 2.04. The maximum absolute atomic E-state index is 5.77. The molecule has 1 N–H and O–H groups in total. The highest BCUT2D eigenvalue weighted by atomic mass is 79.9. The summed E-state index contributed by atoms with van der Waals surface area (Å²) in [5, 5.41) is 3.33. The van der Waals surface area contributed by atoms with Gasteiger partial charge in [-0.15, -0.1) is 0 Å². The third-order valence-corrected chi connectivity index (χ3v) is 3.94. The lowest BCUT2D eigenvalue weighted by Crippen LogP contribution is -2.12. The van der Waals surface area contributed by atoms with Crippen LogP contribution < -0.4 is 14.8 Å². The van der Waals surface area contributed by atoms with E-state index in [2.05, 4.69) is 37.2 Å². The molecule has 2 aromatic rings. The van der Waals surface area contributed by atoms with E-state index in [0.29, 0.717) is 19.8 Å². The number of anilines is 1. The van der Waals surface area contributed by atoms with Gasteiger partial charge in [-0.2, -0.15) is 0 Å². The molecule has 3 nitrogen and oxygen atoms in total. The number of para-hydroxylation sites is 2. The number of halogens is 2. The van der Waals surface area contributed by atoms with Crippen molar-refractivity contribution in [2.24, 2.45) is 0 Å². The van der Waals surface area contributed by atoms with E-state index in [0.717, 1.165) is 26.1 Å². The molecule has 21 heavy (non-hydrogen) atoms. The predicted molar refractivity (Wildman–Crippen MR) is 93.4 cm³/mol. The standard InChI is InChI=1S/C16H17Br2NO2/c1-2-20-15-5-3-4-6-16(15)21-10-9-19-14-11-12(17)7-8-13(14)18/h3-8,11,19H,2,9-10H2,1H3. The Hall–Kier alpha value is -1.20. The van der Waals surface area contributed by atoms with E-state index >= 15 is 0 Å². The summed E-state index contributed by atoms with van der Waals surface area (Å²) in [6.45, 7) is 3.85. The third kappa shape index (κ3) is 4.93. The fraction of sp³-hybridized carbons (Fsp3) is 0.250. The smallest absolute Gasteiger partial charge is 0.161 e. The molecule has 0 bridgehead atoms. The normalized spacial score (nSPS) is 10.2. The zero-order valence-corrected chi connectivity index (χ0v) is 14.9. The van der Waals surface area contributed by atoms with E-state index in [4.69, 9.17) is 9.47 Å². The van der Waals surface area contributed by atoms with Crippen LogP contribution in [-0.2, 0) is 0 Å². The van der Waals surface area contributed by atoms with Gasteiger partial charge in [0.1, 0.15) is 6.61 Å². The summed E-state index contributed by atoms with van der Waals surface area (Å²) in [7, 11) is 0. The second kappa shape index (κ2) is 8.29. The molecule has 0 atom stereocenters.